The zero-order valence-corrected chi connectivity index (χ0v) is 10.9. The minimum Gasteiger partial charge on any atom is -0.371 e. The van der Waals surface area contributed by atoms with Gasteiger partial charge in [-0.05, 0) is 43.7 Å². The van der Waals surface area contributed by atoms with Gasteiger partial charge < -0.3 is 4.90 Å². The van der Waals surface area contributed by atoms with Gasteiger partial charge >= 0.3 is 0 Å². The lowest BCUT2D eigenvalue weighted by atomic mass is 9.99. The second-order valence-corrected chi connectivity index (χ2v) is 5.56. The van der Waals surface area contributed by atoms with Crippen LogP contribution >= 0.6 is 0 Å². The maximum absolute atomic E-state index is 11.7. The summed E-state index contributed by atoms with van der Waals surface area (Å²) in [6.45, 7) is 2.20. The number of Topliss-reactive ketones (excluding diaryl/α,β-unsaturated/α-hetero) is 1. The van der Waals surface area contributed by atoms with E-state index in [1.165, 1.54) is 24.1 Å². The van der Waals surface area contributed by atoms with E-state index in [1.54, 1.807) is 0 Å². The number of carbonyl (C=O) groups is 1. The van der Waals surface area contributed by atoms with Crippen molar-refractivity contribution in [3.05, 3.63) is 29.8 Å². The summed E-state index contributed by atoms with van der Waals surface area (Å²) >= 11 is 0. The van der Waals surface area contributed by atoms with Crippen LogP contribution in [0.5, 0.6) is 0 Å². The monoisotopic (exact) mass is 243 g/mol. The molecular weight excluding hydrogens is 222 g/mol. The molecule has 96 valence electrons. The molecule has 1 saturated carbocycles. The first kappa shape index (κ1) is 11.8. The molecule has 1 unspecified atom stereocenters. The number of rotatable bonds is 3. The molecule has 2 aliphatic rings. The third-order valence-electron chi connectivity index (χ3n) is 4.39. The van der Waals surface area contributed by atoms with Gasteiger partial charge in [-0.25, -0.2) is 0 Å². The van der Waals surface area contributed by atoms with E-state index in [2.05, 4.69) is 29.2 Å². The van der Waals surface area contributed by atoms with Crippen LogP contribution in [0.4, 0.5) is 5.69 Å². The molecule has 1 aliphatic carbocycles. The maximum Gasteiger partial charge on any atom is 0.136 e. The number of hydrogen-bond acceptors (Lipinski definition) is 2. The maximum atomic E-state index is 11.7. The van der Waals surface area contributed by atoms with Crippen LogP contribution in [0.1, 0.15) is 37.7 Å². The van der Waals surface area contributed by atoms with Crippen LogP contribution in [0, 0.1) is 5.92 Å². The molecule has 3 rings (SSSR count). The molecule has 0 N–H and O–H groups in total. The van der Waals surface area contributed by atoms with Gasteiger partial charge in [0.25, 0.3) is 0 Å². The predicted molar refractivity (Wildman–Crippen MR) is 73.9 cm³/mol. The molecule has 1 heterocycles. The lowest BCUT2D eigenvalue weighted by Gasteiger charge is -2.32. The van der Waals surface area contributed by atoms with Crippen molar-refractivity contribution in [2.24, 2.45) is 5.92 Å². The molecule has 1 aromatic carbocycles. The Balaban J connectivity index is 1.65. The summed E-state index contributed by atoms with van der Waals surface area (Å²) in [7, 11) is 0. The normalized spacial score (nSPS) is 23.2. The number of benzene rings is 1. The van der Waals surface area contributed by atoms with Gasteiger partial charge in [-0.1, -0.05) is 18.2 Å². The van der Waals surface area contributed by atoms with E-state index in [0.29, 0.717) is 11.7 Å². The summed E-state index contributed by atoms with van der Waals surface area (Å²) in [6.07, 6.45) is 6.55. The number of anilines is 1. The molecule has 1 aliphatic heterocycles. The highest BCUT2D eigenvalue weighted by atomic mass is 16.1. The zero-order valence-electron chi connectivity index (χ0n) is 10.9. The van der Waals surface area contributed by atoms with Crippen molar-refractivity contribution in [1.82, 2.24) is 0 Å². The van der Waals surface area contributed by atoms with Crippen LogP contribution in [0.25, 0.3) is 0 Å². The standard InChI is InChI=1S/C16H21NO/c18-16-9-3-6-14(16)10-12-17-11-4-7-13-5-1-2-8-15(13)17/h1-2,5,8,14H,3-4,6-7,9-12H2. The number of ketones is 1. The van der Waals surface area contributed by atoms with Gasteiger partial charge in [0.1, 0.15) is 5.78 Å². The Kier molecular flexibility index (Phi) is 3.35. The third-order valence-corrected chi connectivity index (χ3v) is 4.39. The number of carbonyl (C=O) groups excluding carboxylic acids is 1. The van der Waals surface area contributed by atoms with Crippen molar-refractivity contribution >= 4 is 11.5 Å². The van der Waals surface area contributed by atoms with E-state index in [9.17, 15) is 4.79 Å². The minimum absolute atomic E-state index is 0.346. The second kappa shape index (κ2) is 5.13. The average molecular weight is 243 g/mol. The van der Waals surface area contributed by atoms with Crippen LogP contribution in [-0.2, 0) is 11.2 Å². The van der Waals surface area contributed by atoms with Crippen molar-refractivity contribution < 1.29 is 4.79 Å². The first-order valence-electron chi connectivity index (χ1n) is 7.20. The van der Waals surface area contributed by atoms with Crippen molar-refractivity contribution in [3.63, 3.8) is 0 Å². The fraction of sp³-hybridized carbons (Fsp3) is 0.562. The number of para-hydroxylation sites is 1. The first-order chi connectivity index (χ1) is 8.84. The summed E-state index contributed by atoms with van der Waals surface area (Å²) in [6, 6.07) is 8.72. The van der Waals surface area contributed by atoms with Gasteiger partial charge in [0.2, 0.25) is 0 Å². The Hall–Kier alpha value is -1.31. The SMILES string of the molecule is O=C1CCCC1CCN1CCCc2ccccc21. The molecule has 0 spiro atoms. The average Bonchev–Trinajstić information content (AvgIpc) is 2.82. The molecule has 0 amide bonds. The Labute approximate surface area is 109 Å². The number of hydrogen-bond donors (Lipinski definition) is 0. The van der Waals surface area contributed by atoms with Crippen LogP contribution in [0.3, 0.4) is 0 Å². The van der Waals surface area contributed by atoms with E-state index in [1.807, 2.05) is 0 Å². The second-order valence-electron chi connectivity index (χ2n) is 5.56. The Bertz CT molecular complexity index is 440. The van der Waals surface area contributed by atoms with Gasteiger partial charge in [0.05, 0.1) is 0 Å². The van der Waals surface area contributed by atoms with E-state index in [0.717, 1.165) is 38.8 Å². The minimum atomic E-state index is 0.346. The Morgan fingerprint density at radius 3 is 2.89 bits per heavy atom. The lowest BCUT2D eigenvalue weighted by molar-refractivity contribution is -0.120. The molecule has 0 bridgehead atoms. The molecule has 1 atom stereocenters. The summed E-state index contributed by atoms with van der Waals surface area (Å²) < 4.78 is 0. The predicted octanol–water partition coefficient (Wildman–Crippen LogP) is 3.20. The molecule has 2 nitrogen and oxygen atoms in total. The molecule has 2 heteroatoms. The number of fused-ring (bicyclic) bond motifs is 1. The van der Waals surface area contributed by atoms with Crippen molar-refractivity contribution in [2.45, 2.75) is 38.5 Å². The third kappa shape index (κ3) is 2.29. The molecule has 18 heavy (non-hydrogen) atoms. The van der Waals surface area contributed by atoms with E-state index in [4.69, 9.17) is 0 Å². The van der Waals surface area contributed by atoms with Gasteiger partial charge in [-0.15, -0.1) is 0 Å². The molecular formula is C16H21NO. The van der Waals surface area contributed by atoms with Gasteiger partial charge in [-0.3, -0.25) is 4.79 Å². The van der Waals surface area contributed by atoms with Crippen LogP contribution < -0.4 is 4.90 Å². The van der Waals surface area contributed by atoms with Crippen molar-refractivity contribution in [2.75, 3.05) is 18.0 Å². The highest BCUT2D eigenvalue weighted by molar-refractivity contribution is 5.82. The highest BCUT2D eigenvalue weighted by Gasteiger charge is 2.25. The van der Waals surface area contributed by atoms with Crippen LogP contribution in [0.2, 0.25) is 0 Å². The molecule has 0 saturated heterocycles. The summed E-state index contributed by atoms with van der Waals surface area (Å²) in [5, 5.41) is 0. The topological polar surface area (TPSA) is 20.3 Å². The molecule has 1 fully saturated rings. The Morgan fingerprint density at radius 2 is 2.06 bits per heavy atom. The lowest BCUT2D eigenvalue weighted by Crippen LogP contribution is -2.31. The van der Waals surface area contributed by atoms with Crippen molar-refractivity contribution in [3.8, 4) is 0 Å². The largest absolute Gasteiger partial charge is 0.371 e. The van der Waals surface area contributed by atoms with Gasteiger partial charge in [-0.2, -0.15) is 0 Å². The molecule has 0 aromatic heterocycles. The zero-order chi connectivity index (χ0) is 12.4. The van der Waals surface area contributed by atoms with Gasteiger partial charge in [0, 0.05) is 31.1 Å². The molecule has 0 radical (unpaired) electrons. The smallest absolute Gasteiger partial charge is 0.136 e. The van der Waals surface area contributed by atoms with Crippen molar-refractivity contribution in [1.29, 1.82) is 0 Å². The summed E-state index contributed by atoms with van der Waals surface area (Å²) in [5.74, 6) is 0.847. The quantitative estimate of drug-likeness (QED) is 0.812. The van der Waals surface area contributed by atoms with E-state index >= 15 is 0 Å². The van der Waals surface area contributed by atoms with Crippen LogP contribution in [0.15, 0.2) is 24.3 Å². The summed E-state index contributed by atoms with van der Waals surface area (Å²) in [5.41, 5.74) is 2.87. The number of nitrogens with zero attached hydrogens (tertiary/aromatic N) is 1. The number of aryl methyl sites for hydroxylation is 1. The van der Waals surface area contributed by atoms with Crippen LogP contribution in [-0.4, -0.2) is 18.9 Å². The Morgan fingerprint density at radius 1 is 1.17 bits per heavy atom. The van der Waals surface area contributed by atoms with E-state index < -0.39 is 0 Å². The summed E-state index contributed by atoms with van der Waals surface area (Å²) in [4.78, 5) is 14.2. The fourth-order valence-corrected chi connectivity index (χ4v) is 3.35. The van der Waals surface area contributed by atoms with Gasteiger partial charge in [0.15, 0.2) is 0 Å². The fourth-order valence-electron chi connectivity index (χ4n) is 3.35. The van der Waals surface area contributed by atoms with E-state index in [-0.39, 0.29) is 0 Å². The first-order valence-corrected chi connectivity index (χ1v) is 7.20. The highest BCUT2D eigenvalue weighted by Crippen LogP contribution is 2.29. The molecule has 1 aromatic rings.